The van der Waals surface area contributed by atoms with E-state index in [0.29, 0.717) is 17.6 Å². The molecule has 5 heteroatoms. The molecule has 4 nitrogen and oxygen atoms in total. The van der Waals surface area contributed by atoms with Crippen LogP contribution in [0.2, 0.25) is 0 Å². The van der Waals surface area contributed by atoms with Gasteiger partial charge in [0, 0.05) is 21.0 Å². The lowest BCUT2D eigenvalue weighted by Gasteiger charge is -2.33. The van der Waals surface area contributed by atoms with Crippen LogP contribution >= 0.6 is 15.9 Å². The third kappa shape index (κ3) is 3.76. The fourth-order valence-corrected chi connectivity index (χ4v) is 7.12. The summed E-state index contributed by atoms with van der Waals surface area (Å²) in [6, 6.07) is 29.2. The number of benzene rings is 3. The van der Waals surface area contributed by atoms with Gasteiger partial charge in [0.2, 0.25) is 5.95 Å². The van der Waals surface area contributed by atoms with Crippen molar-refractivity contribution in [2.24, 2.45) is 0 Å². The Morgan fingerprint density at radius 3 is 2.00 bits per heavy atom. The number of anilines is 1. The number of halogens is 1. The maximum absolute atomic E-state index is 5.13. The van der Waals surface area contributed by atoms with E-state index in [2.05, 4.69) is 114 Å². The first-order valence-electron chi connectivity index (χ1n) is 14.0. The van der Waals surface area contributed by atoms with Gasteiger partial charge in [0.1, 0.15) is 0 Å². The first-order chi connectivity index (χ1) is 20.0. The van der Waals surface area contributed by atoms with Crippen molar-refractivity contribution in [2.45, 2.75) is 31.3 Å². The fourth-order valence-electron chi connectivity index (χ4n) is 6.72. The smallest absolute Gasteiger partial charge is 0.231 e. The molecule has 0 amide bonds. The molecule has 3 aliphatic carbocycles. The van der Waals surface area contributed by atoms with E-state index in [4.69, 9.17) is 15.0 Å². The van der Waals surface area contributed by atoms with E-state index < -0.39 is 0 Å². The molecular weight excluding hydrogens is 568 g/mol. The van der Waals surface area contributed by atoms with Crippen LogP contribution in [0.15, 0.2) is 137 Å². The van der Waals surface area contributed by atoms with Crippen LogP contribution in [-0.2, 0) is 5.41 Å². The van der Waals surface area contributed by atoms with Crippen LogP contribution in [0.25, 0.3) is 28.3 Å². The van der Waals surface area contributed by atoms with Gasteiger partial charge in [-0.2, -0.15) is 9.97 Å². The molecule has 41 heavy (non-hydrogen) atoms. The van der Waals surface area contributed by atoms with Crippen molar-refractivity contribution in [2.75, 3.05) is 4.90 Å². The minimum absolute atomic E-state index is 0.00344. The lowest BCUT2D eigenvalue weighted by atomic mass is 9.78. The van der Waals surface area contributed by atoms with E-state index in [1.807, 2.05) is 36.4 Å². The molecule has 2 heterocycles. The largest absolute Gasteiger partial charge is 0.320 e. The number of hydrogen-bond acceptors (Lipinski definition) is 4. The van der Waals surface area contributed by atoms with Crippen molar-refractivity contribution >= 4 is 27.5 Å². The molecule has 0 fully saturated rings. The Bertz CT molecular complexity index is 1820. The highest BCUT2D eigenvalue weighted by atomic mass is 79.9. The molecule has 0 saturated heterocycles. The Morgan fingerprint density at radius 2 is 1.32 bits per heavy atom. The molecule has 3 aromatic carbocycles. The van der Waals surface area contributed by atoms with Gasteiger partial charge in [0.05, 0.1) is 12.1 Å². The van der Waals surface area contributed by atoms with Gasteiger partial charge < -0.3 is 4.90 Å². The lowest BCUT2D eigenvalue weighted by Crippen LogP contribution is -2.40. The average molecular weight is 596 g/mol. The van der Waals surface area contributed by atoms with Crippen molar-refractivity contribution in [3.8, 4) is 22.8 Å². The average Bonchev–Trinajstić information content (AvgIpc) is 3.45. The Labute approximate surface area is 248 Å². The number of rotatable bonds is 3. The number of aromatic nitrogens is 3. The highest BCUT2D eigenvalue weighted by molar-refractivity contribution is 9.11. The van der Waals surface area contributed by atoms with Crippen LogP contribution in [-0.4, -0.2) is 27.0 Å². The molecule has 0 bridgehead atoms. The second kappa shape index (κ2) is 9.08. The number of fused-ring (bicyclic) bond motifs is 5. The summed E-state index contributed by atoms with van der Waals surface area (Å²) in [5.41, 5.74) is 9.83. The minimum atomic E-state index is -0.0895. The van der Waals surface area contributed by atoms with E-state index in [1.54, 1.807) is 0 Å². The summed E-state index contributed by atoms with van der Waals surface area (Å²) in [5.74, 6) is 2.03. The summed E-state index contributed by atoms with van der Waals surface area (Å²) in [6.07, 6.45) is 11.5. The number of allylic oxidation sites excluding steroid dienone is 4. The molecule has 8 rings (SSSR count). The maximum atomic E-state index is 5.13. The third-order valence-electron chi connectivity index (χ3n) is 8.70. The second-order valence-corrected chi connectivity index (χ2v) is 12.3. The van der Waals surface area contributed by atoms with E-state index in [0.717, 1.165) is 15.6 Å². The Balaban J connectivity index is 1.34. The topological polar surface area (TPSA) is 41.9 Å². The Hall–Kier alpha value is -4.35. The summed E-state index contributed by atoms with van der Waals surface area (Å²) in [5, 5.41) is 0. The summed E-state index contributed by atoms with van der Waals surface area (Å²) >= 11 is 3.75. The van der Waals surface area contributed by atoms with Crippen molar-refractivity contribution in [1.82, 2.24) is 15.0 Å². The van der Waals surface area contributed by atoms with Crippen molar-refractivity contribution < 1.29 is 0 Å². The normalized spacial score (nSPS) is 21.4. The minimum Gasteiger partial charge on any atom is -0.320 e. The van der Waals surface area contributed by atoms with E-state index in [-0.39, 0.29) is 17.5 Å². The van der Waals surface area contributed by atoms with Crippen molar-refractivity contribution in [3.63, 3.8) is 0 Å². The molecule has 0 radical (unpaired) electrons. The molecule has 198 valence electrons. The molecule has 1 aromatic heterocycles. The Morgan fingerprint density at radius 1 is 0.707 bits per heavy atom. The zero-order chi connectivity index (χ0) is 27.7. The van der Waals surface area contributed by atoms with Gasteiger partial charge in [-0.05, 0) is 51.6 Å². The van der Waals surface area contributed by atoms with Crippen LogP contribution in [0.4, 0.5) is 5.95 Å². The zero-order valence-electron chi connectivity index (χ0n) is 22.8. The molecule has 0 spiro atoms. The number of hydrogen-bond donors (Lipinski definition) is 0. The molecule has 2 atom stereocenters. The molecule has 0 N–H and O–H groups in total. The molecule has 4 aliphatic rings. The quantitative estimate of drug-likeness (QED) is 0.239. The van der Waals surface area contributed by atoms with E-state index in [1.165, 1.54) is 33.4 Å². The molecule has 0 saturated carbocycles. The molecular formula is C36H27BrN4. The van der Waals surface area contributed by atoms with E-state index >= 15 is 0 Å². The van der Waals surface area contributed by atoms with Crippen molar-refractivity contribution in [3.05, 3.63) is 148 Å². The lowest BCUT2D eigenvalue weighted by molar-refractivity contribution is 0.648. The van der Waals surface area contributed by atoms with Crippen LogP contribution in [0.5, 0.6) is 0 Å². The van der Waals surface area contributed by atoms with Gasteiger partial charge in [0.15, 0.2) is 11.6 Å². The molecule has 4 aromatic rings. The van der Waals surface area contributed by atoms with Crippen molar-refractivity contribution in [1.29, 1.82) is 0 Å². The third-order valence-corrected chi connectivity index (χ3v) is 9.19. The predicted molar refractivity (Wildman–Crippen MR) is 169 cm³/mol. The summed E-state index contributed by atoms with van der Waals surface area (Å²) in [6.45, 7) is 4.67. The fraction of sp³-hybridized carbons (Fsp3) is 0.139. The van der Waals surface area contributed by atoms with Gasteiger partial charge in [0.25, 0.3) is 0 Å². The number of nitrogens with zero attached hydrogens (tertiary/aromatic N) is 4. The molecule has 1 aliphatic heterocycles. The maximum Gasteiger partial charge on any atom is 0.231 e. The van der Waals surface area contributed by atoms with Gasteiger partial charge in [-0.25, -0.2) is 4.98 Å². The highest BCUT2D eigenvalue weighted by Gasteiger charge is 2.46. The summed E-state index contributed by atoms with van der Waals surface area (Å²) < 4.78 is 1.07. The SMILES string of the molecule is CC1(C)C2=CC3C(=C4C=C(Br)C=CC4N3c3nc(-c4ccccc4)nc(-c4ccccc4)n3)C=C2c2ccccc21. The first-order valence-corrected chi connectivity index (χ1v) is 14.8. The summed E-state index contributed by atoms with van der Waals surface area (Å²) in [4.78, 5) is 17.6. The van der Waals surface area contributed by atoms with Gasteiger partial charge in [-0.1, -0.05) is 127 Å². The van der Waals surface area contributed by atoms with Gasteiger partial charge in [-0.3, -0.25) is 0 Å². The van der Waals surface area contributed by atoms with Crippen LogP contribution < -0.4 is 4.90 Å². The standard InChI is InChI=1S/C36H27BrN4/c1-36(2)29-16-10-9-15-25(29)26-20-28-27-19-24(37)17-18-31(27)41(32(28)21-30(26)36)35-39-33(22-11-5-3-6-12-22)38-34(40-35)23-13-7-4-8-14-23/h3-21,31-32H,1-2H3. The monoisotopic (exact) mass is 594 g/mol. The van der Waals surface area contributed by atoms with Crippen LogP contribution in [0, 0.1) is 0 Å². The van der Waals surface area contributed by atoms with Crippen LogP contribution in [0.3, 0.4) is 0 Å². The predicted octanol–water partition coefficient (Wildman–Crippen LogP) is 8.22. The van der Waals surface area contributed by atoms with Gasteiger partial charge >= 0.3 is 0 Å². The van der Waals surface area contributed by atoms with Gasteiger partial charge in [-0.15, -0.1) is 0 Å². The second-order valence-electron chi connectivity index (χ2n) is 11.4. The van der Waals surface area contributed by atoms with Crippen LogP contribution in [0.1, 0.15) is 25.0 Å². The Kier molecular flexibility index (Phi) is 5.42. The summed E-state index contributed by atoms with van der Waals surface area (Å²) in [7, 11) is 0. The highest BCUT2D eigenvalue weighted by Crippen LogP contribution is 2.54. The zero-order valence-corrected chi connectivity index (χ0v) is 24.4. The first kappa shape index (κ1) is 24.4. The molecule has 2 unspecified atom stereocenters. The van der Waals surface area contributed by atoms with E-state index in [9.17, 15) is 0 Å².